The first-order valence-corrected chi connectivity index (χ1v) is 7.70. The average Bonchev–Trinajstić information content (AvgIpc) is 2.82. The van der Waals surface area contributed by atoms with Crippen LogP contribution in [0.1, 0.15) is 12.5 Å². The number of fused-ring (bicyclic) bond motifs is 1. The van der Waals surface area contributed by atoms with E-state index in [9.17, 15) is 0 Å². The summed E-state index contributed by atoms with van der Waals surface area (Å²) in [4.78, 5) is 7.99. The fourth-order valence-corrected chi connectivity index (χ4v) is 2.71. The van der Waals surface area contributed by atoms with Gasteiger partial charge in [0.1, 0.15) is 5.82 Å². The monoisotopic (exact) mass is 378 g/mol. The lowest BCUT2D eigenvalue weighted by atomic mass is 10.1. The number of nitrogens with zero attached hydrogens (tertiary/aromatic N) is 1. The van der Waals surface area contributed by atoms with E-state index in [0.29, 0.717) is 0 Å². The van der Waals surface area contributed by atoms with Crippen LogP contribution in [0.15, 0.2) is 45.3 Å². The molecule has 3 aromatic rings. The van der Waals surface area contributed by atoms with Crippen molar-refractivity contribution in [2.24, 2.45) is 0 Å². The molecule has 96 valence electrons. The lowest BCUT2D eigenvalue weighted by Crippen LogP contribution is -1.82. The Morgan fingerprint density at radius 1 is 1.05 bits per heavy atom. The van der Waals surface area contributed by atoms with Gasteiger partial charge >= 0.3 is 0 Å². The van der Waals surface area contributed by atoms with Gasteiger partial charge in [-0.05, 0) is 56.0 Å². The number of H-pyrrole nitrogens is 1. The van der Waals surface area contributed by atoms with Crippen molar-refractivity contribution in [3.8, 4) is 11.4 Å². The molecule has 0 aliphatic rings. The summed E-state index contributed by atoms with van der Waals surface area (Å²) in [6, 6.07) is 12.6. The number of halogens is 2. The topological polar surface area (TPSA) is 28.7 Å². The molecule has 0 unspecified atom stereocenters. The molecule has 0 saturated heterocycles. The Labute approximate surface area is 128 Å². The summed E-state index contributed by atoms with van der Waals surface area (Å²) in [6.07, 6.45) is 1.06. The van der Waals surface area contributed by atoms with Crippen LogP contribution in [0.25, 0.3) is 22.4 Å². The van der Waals surface area contributed by atoms with Crippen molar-refractivity contribution in [1.29, 1.82) is 0 Å². The molecule has 2 nitrogen and oxygen atoms in total. The van der Waals surface area contributed by atoms with Gasteiger partial charge in [-0.15, -0.1) is 0 Å². The van der Waals surface area contributed by atoms with Crippen LogP contribution in [0.3, 0.4) is 0 Å². The predicted molar refractivity (Wildman–Crippen MR) is 86.3 cm³/mol. The second kappa shape index (κ2) is 5.10. The van der Waals surface area contributed by atoms with Gasteiger partial charge in [-0.25, -0.2) is 4.98 Å². The van der Waals surface area contributed by atoms with Crippen LogP contribution in [0.2, 0.25) is 0 Å². The summed E-state index contributed by atoms with van der Waals surface area (Å²) in [6.45, 7) is 2.16. The van der Waals surface area contributed by atoms with Gasteiger partial charge in [-0.3, -0.25) is 0 Å². The van der Waals surface area contributed by atoms with Crippen molar-refractivity contribution in [2.75, 3.05) is 0 Å². The number of imidazole rings is 1. The maximum Gasteiger partial charge on any atom is 0.138 e. The van der Waals surface area contributed by atoms with Crippen LogP contribution >= 0.6 is 31.9 Å². The van der Waals surface area contributed by atoms with E-state index in [4.69, 9.17) is 0 Å². The van der Waals surface area contributed by atoms with E-state index in [1.54, 1.807) is 0 Å². The smallest absolute Gasteiger partial charge is 0.138 e. The van der Waals surface area contributed by atoms with Gasteiger partial charge in [0.05, 0.1) is 11.0 Å². The summed E-state index contributed by atoms with van der Waals surface area (Å²) in [5.74, 6) is 0.905. The zero-order chi connectivity index (χ0) is 13.4. The Hall–Kier alpha value is -1.13. The Morgan fingerprint density at radius 2 is 1.74 bits per heavy atom. The molecule has 0 amide bonds. The maximum absolute atomic E-state index is 4.63. The second-order valence-corrected chi connectivity index (χ2v) is 6.13. The molecular formula is C15H12Br2N2. The molecule has 0 aliphatic carbocycles. The summed E-state index contributed by atoms with van der Waals surface area (Å²) in [7, 11) is 0. The van der Waals surface area contributed by atoms with Crippen LogP contribution in [0.4, 0.5) is 0 Å². The Balaban J connectivity index is 2.09. The van der Waals surface area contributed by atoms with Crippen LogP contribution in [-0.2, 0) is 6.42 Å². The first-order chi connectivity index (χ1) is 9.17. The summed E-state index contributed by atoms with van der Waals surface area (Å²) in [5, 5.41) is 0. The second-order valence-electron chi connectivity index (χ2n) is 4.42. The highest BCUT2D eigenvalue weighted by atomic mass is 79.9. The molecule has 0 fully saturated rings. The number of rotatable bonds is 2. The van der Waals surface area contributed by atoms with E-state index in [2.05, 4.69) is 73.0 Å². The minimum Gasteiger partial charge on any atom is -0.338 e. The molecule has 3 rings (SSSR count). The summed E-state index contributed by atoms with van der Waals surface area (Å²) in [5.41, 5.74) is 4.44. The molecule has 0 aliphatic heterocycles. The number of aromatic amines is 1. The van der Waals surface area contributed by atoms with E-state index in [-0.39, 0.29) is 0 Å². The maximum atomic E-state index is 4.63. The molecule has 1 aromatic heterocycles. The zero-order valence-electron chi connectivity index (χ0n) is 10.4. The van der Waals surface area contributed by atoms with Gasteiger partial charge in [0.2, 0.25) is 0 Å². The molecule has 19 heavy (non-hydrogen) atoms. The van der Waals surface area contributed by atoms with E-state index < -0.39 is 0 Å². The fraction of sp³-hybridized carbons (Fsp3) is 0.133. The molecule has 1 heterocycles. The molecule has 0 atom stereocenters. The fourth-order valence-electron chi connectivity index (χ4n) is 2.04. The quantitative estimate of drug-likeness (QED) is 0.641. The normalized spacial score (nSPS) is 11.1. The number of hydrogen-bond donors (Lipinski definition) is 1. The van der Waals surface area contributed by atoms with Crippen LogP contribution in [0, 0.1) is 0 Å². The SMILES string of the molecule is CCc1ccc(-c2nc3cc(Br)c(Br)cc3[nH]2)cc1. The highest BCUT2D eigenvalue weighted by molar-refractivity contribution is 9.13. The molecular weight excluding hydrogens is 368 g/mol. The minimum absolute atomic E-state index is 0.905. The van der Waals surface area contributed by atoms with E-state index in [0.717, 1.165) is 37.8 Å². The van der Waals surface area contributed by atoms with Gasteiger partial charge in [0.15, 0.2) is 0 Å². The van der Waals surface area contributed by atoms with Crippen LogP contribution < -0.4 is 0 Å². The van der Waals surface area contributed by atoms with Crippen molar-refractivity contribution in [3.63, 3.8) is 0 Å². The van der Waals surface area contributed by atoms with Crippen molar-refractivity contribution >= 4 is 42.9 Å². The number of nitrogens with one attached hydrogen (secondary N) is 1. The number of benzene rings is 2. The summed E-state index contributed by atoms with van der Waals surface area (Å²) >= 11 is 7.01. The van der Waals surface area contributed by atoms with E-state index in [1.807, 2.05) is 12.1 Å². The Kier molecular flexibility index (Phi) is 3.46. The largest absolute Gasteiger partial charge is 0.338 e. The van der Waals surface area contributed by atoms with E-state index >= 15 is 0 Å². The third kappa shape index (κ3) is 2.47. The van der Waals surface area contributed by atoms with Gasteiger partial charge < -0.3 is 4.98 Å². The number of hydrogen-bond acceptors (Lipinski definition) is 1. The molecule has 0 spiro atoms. The predicted octanol–water partition coefficient (Wildman–Crippen LogP) is 5.32. The van der Waals surface area contributed by atoms with Gasteiger partial charge in [-0.2, -0.15) is 0 Å². The molecule has 0 radical (unpaired) electrons. The highest BCUT2D eigenvalue weighted by Gasteiger charge is 2.07. The molecule has 0 saturated carbocycles. The molecule has 1 N–H and O–H groups in total. The van der Waals surface area contributed by atoms with Gasteiger partial charge in [-0.1, -0.05) is 31.2 Å². The Morgan fingerprint density at radius 3 is 2.42 bits per heavy atom. The minimum atomic E-state index is 0.905. The van der Waals surface area contributed by atoms with Crippen LogP contribution in [-0.4, -0.2) is 9.97 Å². The average molecular weight is 380 g/mol. The summed E-state index contributed by atoms with van der Waals surface area (Å²) < 4.78 is 2.04. The van der Waals surface area contributed by atoms with Crippen molar-refractivity contribution in [3.05, 3.63) is 50.9 Å². The number of aryl methyl sites for hydroxylation is 1. The third-order valence-corrected chi connectivity index (χ3v) is 5.00. The van der Waals surface area contributed by atoms with Gasteiger partial charge in [0, 0.05) is 14.5 Å². The zero-order valence-corrected chi connectivity index (χ0v) is 13.5. The Bertz CT molecular complexity index is 691. The lowest BCUT2D eigenvalue weighted by Gasteiger charge is -1.98. The molecule has 0 bridgehead atoms. The molecule has 2 aromatic carbocycles. The van der Waals surface area contributed by atoms with E-state index in [1.165, 1.54) is 5.56 Å². The third-order valence-electron chi connectivity index (χ3n) is 3.16. The van der Waals surface area contributed by atoms with Gasteiger partial charge in [0.25, 0.3) is 0 Å². The first-order valence-electron chi connectivity index (χ1n) is 6.11. The van der Waals surface area contributed by atoms with Crippen molar-refractivity contribution in [1.82, 2.24) is 9.97 Å². The van der Waals surface area contributed by atoms with Crippen LogP contribution in [0.5, 0.6) is 0 Å². The molecule has 4 heteroatoms. The van der Waals surface area contributed by atoms with Crippen molar-refractivity contribution in [2.45, 2.75) is 13.3 Å². The standard InChI is InChI=1S/C15H12Br2N2/c1-2-9-3-5-10(6-4-9)15-18-13-7-11(16)12(17)8-14(13)19-15/h3-8H,2H2,1H3,(H,18,19). The first kappa shape index (κ1) is 12.9. The number of aromatic nitrogens is 2. The van der Waals surface area contributed by atoms with Crippen molar-refractivity contribution < 1.29 is 0 Å². The lowest BCUT2D eigenvalue weighted by molar-refractivity contribution is 1.14. The highest BCUT2D eigenvalue weighted by Crippen LogP contribution is 2.29.